The molecule has 0 aromatic carbocycles. The molecule has 0 spiro atoms. The summed E-state index contributed by atoms with van der Waals surface area (Å²) in [7, 11) is 0. The van der Waals surface area contributed by atoms with Crippen LogP contribution in [0.3, 0.4) is 0 Å². The number of aliphatic hydroxyl groups excluding tert-OH is 1. The monoisotopic (exact) mass is 115 g/mol. The first-order chi connectivity index (χ1) is 3.83. The molecule has 0 amide bonds. The Morgan fingerprint density at radius 1 is 1.75 bits per heavy atom. The van der Waals surface area contributed by atoms with E-state index >= 15 is 0 Å². The number of β-amino-alcohol motifs (C(OH)–C–C–N with tert-alkyl or cyclic N) is 1. The van der Waals surface area contributed by atoms with Gasteiger partial charge in [0, 0.05) is 6.54 Å². The highest BCUT2D eigenvalue weighted by molar-refractivity contribution is 5.58. The van der Waals surface area contributed by atoms with Gasteiger partial charge in [0.15, 0.2) is 0 Å². The third-order valence-electron chi connectivity index (χ3n) is 1.31. The molecule has 1 fully saturated rings. The molecule has 8 heavy (non-hydrogen) atoms. The maximum atomic E-state index is 9.98. The number of rotatable bonds is 1. The first kappa shape index (κ1) is 5.72. The summed E-state index contributed by atoms with van der Waals surface area (Å²) in [6.45, 7) is 0.559. The van der Waals surface area contributed by atoms with Crippen LogP contribution in [0.5, 0.6) is 0 Å². The van der Waals surface area contributed by atoms with Gasteiger partial charge in [0.1, 0.15) is 6.29 Å². The summed E-state index contributed by atoms with van der Waals surface area (Å²) in [6.07, 6.45) is 1.09. The summed E-state index contributed by atoms with van der Waals surface area (Å²) in [6, 6.07) is -0.106. The van der Waals surface area contributed by atoms with Crippen LogP contribution >= 0.6 is 0 Å². The Bertz CT molecular complexity index is 94.4. The van der Waals surface area contributed by atoms with Gasteiger partial charge in [-0.15, -0.1) is 0 Å². The number of carbonyl (C=O) groups excluding carboxylic acids is 1. The molecule has 2 N–H and O–H groups in total. The van der Waals surface area contributed by atoms with Crippen LogP contribution in [0.15, 0.2) is 0 Å². The van der Waals surface area contributed by atoms with E-state index in [1.165, 1.54) is 0 Å². The van der Waals surface area contributed by atoms with E-state index in [2.05, 4.69) is 5.32 Å². The second-order valence-electron chi connectivity index (χ2n) is 2.04. The SMILES string of the molecule is O=CC1C[C@@H](O)CN1. The Labute approximate surface area is 47.7 Å². The molecule has 3 nitrogen and oxygen atoms in total. The van der Waals surface area contributed by atoms with Crippen molar-refractivity contribution in [3.05, 3.63) is 0 Å². The molecular weight excluding hydrogens is 106 g/mol. The smallest absolute Gasteiger partial charge is 0.136 e. The Kier molecular flexibility index (Phi) is 1.60. The summed E-state index contributed by atoms with van der Waals surface area (Å²) in [5.74, 6) is 0. The van der Waals surface area contributed by atoms with Crippen LogP contribution in [-0.4, -0.2) is 30.1 Å². The minimum absolute atomic E-state index is 0.106. The van der Waals surface area contributed by atoms with Crippen molar-refractivity contribution in [1.82, 2.24) is 5.32 Å². The van der Waals surface area contributed by atoms with E-state index in [9.17, 15) is 4.79 Å². The molecule has 1 aliphatic heterocycles. The second kappa shape index (κ2) is 2.24. The van der Waals surface area contributed by atoms with Gasteiger partial charge in [-0.1, -0.05) is 0 Å². The zero-order valence-corrected chi connectivity index (χ0v) is 4.50. The predicted octanol–water partition coefficient (Wildman–Crippen LogP) is -1.09. The third-order valence-corrected chi connectivity index (χ3v) is 1.31. The molecule has 3 heteroatoms. The van der Waals surface area contributed by atoms with Gasteiger partial charge in [-0.05, 0) is 6.42 Å². The van der Waals surface area contributed by atoms with Gasteiger partial charge in [-0.3, -0.25) is 0 Å². The molecule has 2 atom stereocenters. The highest BCUT2D eigenvalue weighted by atomic mass is 16.3. The van der Waals surface area contributed by atoms with Crippen LogP contribution in [0.25, 0.3) is 0 Å². The van der Waals surface area contributed by atoms with Gasteiger partial charge in [0.05, 0.1) is 12.1 Å². The van der Waals surface area contributed by atoms with Crippen LogP contribution in [0, 0.1) is 0 Å². The lowest BCUT2D eigenvalue weighted by Crippen LogP contribution is -2.22. The lowest BCUT2D eigenvalue weighted by molar-refractivity contribution is -0.109. The van der Waals surface area contributed by atoms with E-state index < -0.39 is 0 Å². The van der Waals surface area contributed by atoms with E-state index in [1.807, 2.05) is 0 Å². The van der Waals surface area contributed by atoms with Crippen molar-refractivity contribution in [2.45, 2.75) is 18.6 Å². The number of aldehydes is 1. The Morgan fingerprint density at radius 2 is 2.50 bits per heavy atom. The summed E-state index contributed by atoms with van der Waals surface area (Å²) >= 11 is 0. The molecular formula is C5H9NO2. The number of nitrogens with one attached hydrogen (secondary N) is 1. The minimum atomic E-state index is -0.315. The van der Waals surface area contributed by atoms with Gasteiger partial charge in [-0.2, -0.15) is 0 Å². The highest BCUT2D eigenvalue weighted by Gasteiger charge is 2.20. The number of hydrogen-bond donors (Lipinski definition) is 2. The first-order valence-corrected chi connectivity index (χ1v) is 2.69. The van der Waals surface area contributed by atoms with E-state index in [1.54, 1.807) is 0 Å². The number of carbonyl (C=O) groups is 1. The van der Waals surface area contributed by atoms with Crippen molar-refractivity contribution >= 4 is 6.29 Å². The van der Waals surface area contributed by atoms with E-state index in [4.69, 9.17) is 5.11 Å². The molecule has 46 valence electrons. The van der Waals surface area contributed by atoms with Gasteiger partial charge in [-0.25, -0.2) is 0 Å². The maximum absolute atomic E-state index is 9.98. The van der Waals surface area contributed by atoms with Gasteiger partial charge < -0.3 is 15.2 Å². The highest BCUT2D eigenvalue weighted by Crippen LogP contribution is 2.02. The molecule has 1 aliphatic rings. The fourth-order valence-electron chi connectivity index (χ4n) is 0.851. The normalized spacial score (nSPS) is 37.6. The first-order valence-electron chi connectivity index (χ1n) is 2.69. The van der Waals surface area contributed by atoms with Crippen molar-refractivity contribution in [3.8, 4) is 0 Å². The van der Waals surface area contributed by atoms with Gasteiger partial charge >= 0.3 is 0 Å². The molecule has 0 saturated carbocycles. The summed E-state index contributed by atoms with van der Waals surface area (Å²) < 4.78 is 0. The average molecular weight is 115 g/mol. The topological polar surface area (TPSA) is 49.3 Å². The predicted molar refractivity (Wildman–Crippen MR) is 28.5 cm³/mol. The van der Waals surface area contributed by atoms with Crippen LogP contribution in [0.4, 0.5) is 0 Å². The summed E-state index contributed by atoms with van der Waals surface area (Å²) in [4.78, 5) is 9.98. The average Bonchev–Trinajstić information content (AvgIpc) is 2.14. The van der Waals surface area contributed by atoms with Crippen molar-refractivity contribution in [2.75, 3.05) is 6.54 Å². The lowest BCUT2D eigenvalue weighted by Gasteiger charge is -1.94. The molecule has 1 unspecified atom stereocenters. The van der Waals surface area contributed by atoms with Crippen molar-refractivity contribution in [3.63, 3.8) is 0 Å². The molecule has 0 bridgehead atoms. The second-order valence-corrected chi connectivity index (χ2v) is 2.04. The standard InChI is InChI=1S/C5H9NO2/c7-3-4-1-5(8)2-6-4/h3-6,8H,1-2H2/t4?,5-/m1/s1. The minimum Gasteiger partial charge on any atom is -0.392 e. The number of hydrogen-bond acceptors (Lipinski definition) is 3. The summed E-state index contributed by atoms with van der Waals surface area (Å²) in [5.41, 5.74) is 0. The van der Waals surface area contributed by atoms with Crippen LogP contribution in [-0.2, 0) is 4.79 Å². The summed E-state index contributed by atoms with van der Waals surface area (Å²) in [5, 5.41) is 11.6. The Morgan fingerprint density at radius 3 is 2.75 bits per heavy atom. The molecule has 1 heterocycles. The zero-order valence-electron chi connectivity index (χ0n) is 4.50. The van der Waals surface area contributed by atoms with Crippen molar-refractivity contribution < 1.29 is 9.90 Å². The van der Waals surface area contributed by atoms with E-state index in [0.29, 0.717) is 13.0 Å². The largest absolute Gasteiger partial charge is 0.392 e. The third kappa shape index (κ3) is 1.05. The van der Waals surface area contributed by atoms with Crippen molar-refractivity contribution in [1.29, 1.82) is 0 Å². The van der Waals surface area contributed by atoms with Crippen LogP contribution in [0.2, 0.25) is 0 Å². The molecule has 0 aromatic heterocycles. The molecule has 1 saturated heterocycles. The Hall–Kier alpha value is -0.410. The van der Waals surface area contributed by atoms with Gasteiger partial charge in [0.25, 0.3) is 0 Å². The fraction of sp³-hybridized carbons (Fsp3) is 0.800. The molecule has 0 radical (unpaired) electrons. The zero-order chi connectivity index (χ0) is 5.98. The molecule has 1 rings (SSSR count). The molecule has 0 aromatic rings. The Balaban J connectivity index is 2.32. The fourth-order valence-corrected chi connectivity index (χ4v) is 0.851. The molecule has 0 aliphatic carbocycles. The maximum Gasteiger partial charge on any atom is 0.136 e. The number of aliphatic hydroxyl groups is 1. The van der Waals surface area contributed by atoms with Crippen LogP contribution in [0.1, 0.15) is 6.42 Å². The lowest BCUT2D eigenvalue weighted by atomic mass is 10.2. The van der Waals surface area contributed by atoms with Gasteiger partial charge in [0.2, 0.25) is 0 Å². The quantitative estimate of drug-likeness (QED) is 0.427. The van der Waals surface area contributed by atoms with E-state index in [-0.39, 0.29) is 12.1 Å². The van der Waals surface area contributed by atoms with Crippen molar-refractivity contribution in [2.24, 2.45) is 0 Å². The van der Waals surface area contributed by atoms with Crippen LogP contribution < -0.4 is 5.32 Å². The van der Waals surface area contributed by atoms with E-state index in [0.717, 1.165) is 6.29 Å².